The molecule has 96 valence electrons. The van der Waals surface area contributed by atoms with Gasteiger partial charge in [0.1, 0.15) is 12.0 Å². The minimum atomic E-state index is -1.05. The molecule has 1 aliphatic rings. The van der Waals surface area contributed by atoms with E-state index < -0.39 is 17.9 Å². The lowest BCUT2D eigenvalue weighted by Crippen LogP contribution is -2.36. The minimum Gasteiger partial charge on any atom is -0.480 e. The van der Waals surface area contributed by atoms with Gasteiger partial charge in [-0.3, -0.25) is 14.4 Å². The minimum absolute atomic E-state index is 0.107. The zero-order valence-corrected chi connectivity index (χ0v) is 9.44. The summed E-state index contributed by atoms with van der Waals surface area (Å²) in [5.41, 5.74) is 5.30. The Morgan fingerprint density at radius 2 is 2.29 bits per heavy atom. The molecule has 0 spiro atoms. The molecule has 5 N–H and O–H groups in total. The van der Waals surface area contributed by atoms with Crippen molar-refractivity contribution in [3.63, 3.8) is 0 Å². The number of carbonyl (C=O) groups is 3. The van der Waals surface area contributed by atoms with Crippen molar-refractivity contribution in [2.75, 3.05) is 19.6 Å². The molecule has 7 nitrogen and oxygen atoms in total. The van der Waals surface area contributed by atoms with E-state index in [-0.39, 0.29) is 18.2 Å². The van der Waals surface area contributed by atoms with Gasteiger partial charge in [-0.15, -0.1) is 0 Å². The lowest BCUT2D eigenvalue weighted by Gasteiger charge is -2.10. The number of carboxylic acid groups (broad SMARTS) is 1. The van der Waals surface area contributed by atoms with Crippen LogP contribution in [0, 0.1) is 5.92 Å². The first-order valence-electron chi connectivity index (χ1n) is 5.52. The molecule has 1 rings (SSSR count). The monoisotopic (exact) mass is 243 g/mol. The Balaban J connectivity index is 2.16. The van der Waals surface area contributed by atoms with Crippen LogP contribution in [0.15, 0.2) is 0 Å². The lowest BCUT2D eigenvalue weighted by atomic mass is 10.1. The first-order chi connectivity index (χ1) is 8.02. The summed E-state index contributed by atoms with van der Waals surface area (Å²) in [4.78, 5) is 33.2. The van der Waals surface area contributed by atoms with Crippen LogP contribution >= 0.6 is 0 Å². The number of rotatable bonds is 6. The largest absolute Gasteiger partial charge is 0.480 e. The number of aliphatic carboxylic acids is 1. The zero-order valence-electron chi connectivity index (χ0n) is 9.44. The maximum Gasteiger partial charge on any atom is 0.320 e. The molecule has 1 heterocycles. The van der Waals surface area contributed by atoms with E-state index >= 15 is 0 Å². The van der Waals surface area contributed by atoms with Gasteiger partial charge in [-0.1, -0.05) is 0 Å². The van der Waals surface area contributed by atoms with Crippen LogP contribution in [0.25, 0.3) is 0 Å². The average molecular weight is 243 g/mol. The van der Waals surface area contributed by atoms with Crippen LogP contribution in [0.5, 0.6) is 0 Å². The highest BCUT2D eigenvalue weighted by Gasteiger charge is 2.30. The number of nitrogens with one attached hydrogen (secondary N) is 2. The SMILES string of the molecule is N[C@@H](CCCNC(=O)[C@H]1CNCC1=O)C(=O)O. The van der Waals surface area contributed by atoms with Crippen LogP contribution in [0.1, 0.15) is 12.8 Å². The summed E-state index contributed by atoms with van der Waals surface area (Å²) in [6.45, 7) is 0.949. The molecule has 0 saturated carbocycles. The highest BCUT2D eigenvalue weighted by molar-refractivity contribution is 6.03. The van der Waals surface area contributed by atoms with Crippen LogP contribution in [-0.2, 0) is 14.4 Å². The number of hydrogen-bond acceptors (Lipinski definition) is 5. The molecule has 2 atom stereocenters. The Kier molecular flexibility index (Phi) is 5.05. The van der Waals surface area contributed by atoms with Crippen molar-refractivity contribution in [1.29, 1.82) is 0 Å². The van der Waals surface area contributed by atoms with Gasteiger partial charge in [0.15, 0.2) is 5.78 Å². The van der Waals surface area contributed by atoms with Gasteiger partial charge in [0.2, 0.25) is 5.91 Å². The summed E-state index contributed by atoms with van der Waals surface area (Å²) in [5, 5.41) is 14.0. The third-order valence-corrected chi connectivity index (χ3v) is 2.66. The van der Waals surface area contributed by atoms with Crippen molar-refractivity contribution >= 4 is 17.7 Å². The summed E-state index contributed by atoms with van der Waals surface area (Å²) in [5.74, 6) is -2.07. The van der Waals surface area contributed by atoms with Gasteiger partial charge in [-0.2, -0.15) is 0 Å². The maximum absolute atomic E-state index is 11.5. The van der Waals surface area contributed by atoms with Crippen LogP contribution in [-0.4, -0.2) is 48.4 Å². The van der Waals surface area contributed by atoms with E-state index in [0.717, 1.165) is 0 Å². The van der Waals surface area contributed by atoms with Crippen molar-refractivity contribution in [1.82, 2.24) is 10.6 Å². The predicted molar refractivity (Wildman–Crippen MR) is 59.2 cm³/mol. The van der Waals surface area contributed by atoms with Gasteiger partial charge in [-0.05, 0) is 12.8 Å². The first kappa shape index (κ1) is 13.6. The molecule has 0 aromatic heterocycles. The van der Waals surface area contributed by atoms with E-state index in [1.54, 1.807) is 0 Å². The molecular formula is C10H17N3O4. The van der Waals surface area contributed by atoms with E-state index in [0.29, 0.717) is 25.9 Å². The third kappa shape index (κ3) is 4.12. The summed E-state index contributed by atoms with van der Waals surface area (Å²) in [7, 11) is 0. The van der Waals surface area contributed by atoms with Gasteiger partial charge in [0.05, 0.1) is 6.54 Å². The van der Waals surface area contributed by atoms with Gasteiger partial charge in [0.25, 0.3) is 0 Å². The Morgan fingerprint density at radius 1 is 1.59 bits per heavy atom. The number of amides is 1. The molecule has 1 amide bonds. The third-order valence-electron chi connectivity index (χ3n) is 2.66. The summed E-state index contributed by atoms with van der Waals surface area (Å²) < 4.78 is 0. The molecule has 0 aromatic carbocycles. The van der Waals surface area contributed by atoms with E-state index in [1.165, 1.54) is 0 Å². The van der Waals surface area contributed by atoms with Crippen LogP contribution in [0.2, 0.25) is 0 Å². The molecule has 1 saturated heterocycles. The number of hydrogen-bond donors (Lipinski definition) is 4. The second-order valence-electron chi connectivity index (χ2n) is 4.03. The quantitative estimate of drug-likeness (QED) is 0.319. The normalized spacial score (nSPS) is 21.2. The number of carbonyl (C=O) groups excluding carboxylic acids is 2. The van der Waals surface area contributed by atoms with Gasteiger partial charge < -0.3 is 21.5 Å². The fourth-order valence-corrected chi connectivity index (χ4v) is 1.60. The fraction of sp³-hybridized carbons (Fsp3) is 0.700. The van der Waals surface area contributed by atoms with Crippen molar-refractivity contribution < 1.29 is 19.5 Å². The van der Waals surface area contributed by atoms with Gasteiger partial charge in [0, 0.05) is 13.1 Å². The van der Waals surface area contributed by atoms with Crippen molar-refractivity contribution in [3.05, 3.63) is 0 Å². The Morgan fingerprint density at radius 3 is 2.82 bits per heavy atom. The number of nitrogens with two attached hydrogens (primary N) is 1. The topological polar surface area (TPSA) is 122 Å². The van der Waals surface area contributed by atoms with Crippen LogP contribution in [0.4, 0.5) is 0 Å². The highest BCUT2D eigenvalue weighted by atomic mass is 16.4. The molecule has 1 fully saturated rings. The van der Waals surface area contributed by atoms with Crippen molar-refractivity contribution in [2.45, 2.75) is 18.9 Å². The zero-order chi connectivity index (χ0) is 12.8. The van der Waals surface area contributed by atoms with Crippen LogP contribution < -0.4 is 16.4 Å². The maximum atomic E-state index is 11.5. The standard InChI is InChI=1S/C10H17N3O4/c11-7(10(16)17)2-1-3-13-9(15)6-4-12-5-8(6)14/h6-7,12H,1-5,11H2,(H,13,15)(H,16,17)/t6-,7-/m0/s1. The fourth-order valence-electron chi connectivity index (χ4n) is 1.60. The van der Waals surface area contributed by atoms with E-state index in [1.807, 2.05) is 0 Å². The first-order valence-corrected chi connectivity index (χ1v) is 5.52. The smallest absolute Gasteiger partial charge is 0.320 e. The molecule has 0 aliphatic carbocycles. The van der Waals surface area contributed by atoms with E-state index in [4.69, 9.17) is 10.8 Å². The Bertz CT molecular complexity index is 319. The molecule has 7 heteroatoms. The second-order valence-corrected chi connectivity index (χ2v) is 4.03. The summed E-state index contributed by atoms with van der Waals surface area (Å²) >= 11 is 0. The van der Waals surface area contributed by atoms with Crippen LogP contribution in [0.3, 0.4) is 0 Å². The molecule has 0 unspecified atom stereocenters. The van der Waals surface area contributed by atoms with E-state index in [2.05, 4.69) is 10.6 Å². The molecule has 0 bridgehead atoms. The molecule has 0 aromatic rings. The van der Waals surface area contributed by atoms with Gasteiger partial charge in [-0.25, -0.2) is 0 Å². The number of carboxylic acids is 1. The molecule has 1 aliphatic heterocycles. The second kappa shape index (κ2) is 6.31. The van der Waals surface area contributed by atoms with Gasteiger partial charge >= 0.3 is 5.97 Å². The summed E-state index contributed by atoms with van der Waals surface area (Å²) in [6.07, 6.45) is 0.778. The lowest BCUT2D eigenvalue weighted by molar-refractivity contribution is -0.138. The average Bonchev–Trinajstić information content (AvgIpc) is 2.70. The van der Waals surface area contributed by atoms with E-state index in [9.17, 15) is 14.4 Å². The highest BCUT2D eigenvalue weighted by Crippen LogP contribution is 2.03. The molecular weight excluding hydrogens is 226 g/mol. The Labute approximate surface area is 98.7 Å². The Hall–Kier alpha value is -1.47. The summed E-state index contributed by atoms with van der Waals surface area (Å²) in [6, 6.07) is -0.901. The number of ketones is 1. The predicted octanol–water partition coefficient (Wildman–Crippen LogP) is -1.92. The van der Waals surface area contributed by atoms with Crippen molar-refractivity contribution in [3.8, 4) is 0 Å². The molecule has 17 heavy (non-hydrogen) atoms. The molecule has 0 radical (unpaired) electrons. The number of Topliss-reactive ketones (excluding diaryl/α,β-unsaturated/α-hetero) is 1. The van der Waals surface area contributed by atoms with Crippen molar-refractivity contribution in [2.24, 2.45) is 11.7 Å².